The number of nitrogens with two attached hydrogens (primary N) is 1. The lowest BCUT2D eigenvalue weighted by atomic mass is 9.79. The van der Waals surface area contributed by atoms with E-state index in [2.05, 4.69) is 22.2 Å². The van der Waals surface area contributed by atoms with Crippen molar-refractivity contribution in [2.45, 2.75) is 77.0 Å². The van der Waals surface area contributed by atoms with Crippen molar-refractivity contribution in [2.24, 2.45) is 5.73 Å². The van der Waals surface area contributed by atoms with E-state index < -0.39 is 11.0 Å². The Morgan fingerprint density at radius 1 is 1.12 bits per heavy atom. The van der Waals surface area contributed by atoms with Gasteiger partial charge in [0.25, 0.3) is 0 Å². The van der Waals surface area contributed by atoms with Gasteiger partial charge in [0.2, 0.25) is 5.88 Å². The van der Waals surface area contributed by atoms with Gasteiger partial charge in [-0.1, -0.05) is 13.8 Å². The Morgan fingerprint density at radius 3 is 2.53 bits per heavy atom. The first-order chi connectivity index (χ1) is 15.9. The maximum Gasteiger partial charge on any atom is 0.340 e. The van der Waals surface area contributed by atoms with Gasteiger partial charge in [0, 0.05) is 23.3 Å². The SMILES string of the molecule is C[C@@H]1OC(=O)c2ccc(Nc3cc4c(C(C)(C)N)cnc(OC5(C)CC5)c4cn3)nc2C1(C)C. The van der Waals surface area contributed by atoms with Crippen LogP contribution < -0.4 is 15.8 Å². The molecule has 3 aromatic heterocycles. The molecular formula is C26H31N5O3. The standard InChI is InChI=1S/C26H31N5O3/c1-14-24(2,3)21-15(23(32)33-14)7-8-19(31-21)30-20-11-16-17(12-28-20)22(34-26(6)9-10-26)29-13-18(16)25(4,5)27/h7-8,11-14H,9-10,27H2,1-6H3,(H,28,30,31)/t14-/m0/s1. The molecule has 1 fully saturated rings. The molecule has 0 saturated heterocycles. The summed E-state index contributed by atoms with van der Waals surface area (Å²) in [7, 11) is 0. The minimum absolute atomic E-state index is 0.158. The van der Waals surface area contributed by atoms with Gasteiger partial charge in [-0.15, -0.1) is 0 Å². The van der Waals surface area contributed by atoms with Crippen molar-refractivity contribution < 1.29 is 14.3 Å². The minimum Gasteiger partial charge on any atom is -0.471 e. The average molecular weight is 462 g/mol. The van der Waals surface area contributed by atoms with Crippen LogP contribution in [0.25, 0.3) is 10.8 Å². The summed E-state index contributed by atoms with van der Waals surface area (Å²) in [5, 5.41) is 5.05. The van der Waals surface area contributed by atoms with Crippen LogP contribution in [0.15, 0.2) is 30.6 Å². The normalized spacial score (nSPS) is 20.4. The molecule has 1 aliphatic heterocycles. The monoisotopic (exact) mass is 461 g/mol. The number of anilines is 2. The van der Waals surface area contributed by atoms with Crippen LogP contribution in [-0.2, 0) is 15.7 Å². The zero-order valence-electron chi connectivity index (χ0n) is 20.5. The molecule has 3 aromatic rings. The molecule has 0 spiro atoms. The highest BCUT2D eigenvalue weighted by atomic mass is 16.5. The van der Waals surface area contributed by atoms with Gasteiger partial charge in [0.05, 0.1) is 16.6 Å². The van der Waals surface area contributed by atoms with Crippen LogP contribution in [0.2, 0.25) is 0 Å². The van der Waals surface area contributed by atoms with Crippen molar-refractivity contribution in [3.8, 4) is 5.88 Å². The summed E-state index contributed by atoms with van der Waals surface area (Å²) >= 11 is 0. The van der Waals surface area contributed by atoms with E-state index in [1.165, 1.54) is 0 Å². The molecule has 34 heavy (non-hydrogen) atoms. The summed E-state index contributed by atoms with van der Waals surface area (Å²) < 4.78 is 11.7. The number of fused-ring (bicyclic) bond motifs is 2. The van der Waals surface area contributed by atoms with E-state index in [1.54, 1.807) is 24.5 Å². The summed E-state index contributed by atoms with van der Waals surface area (Å²) in [6.07, 6.45) is 5.31. The van der Waals surface area contributed by atoms with E-state index in [9.17, 15) is 4.79 Å². The fraction of sp³-hybridized carbons (Fsp3) is 0.462. The van der Waals surface area contributed by atoms with Crippen LogP contribution in [0.4, 0.5) is 11.6 Å². The Balaban J connectivity index is 1.55. The molecule has 1 saturated carbocycles. The Morgan fingerprint density at radius 2 is 1.85 bits per heavy atom. The topological polar surface area (TPSA) is 112 Å². The predicted molar refractivity (Wildman–Crippen MR) is 130 cm³/mol. The number of nitrogens with one attached hydrogen (secondary N) is 1. The molecule has 3 N–H and O–H groups in total. The number of carbonyl (C=O) groups excluding carboxylic acids is 1. The molecule has 0 radical (unpaired) electrons. The van der Waals surface area contributed by atoms with Crippen molar-refractivity contribution in [1.29, 1.82) is 0 Å². The van der Waals surface area contributed by atoms with Crippen molar-refractivity contribution in [1.82, 2.24) is 15.0 Å². The molecule has 0 aromatic carbocycles. The summed E-state index contributed by atoms with van der Waals surface area (Å²) in [6.45, 7) is 11.9. The Labute approximate surface area is 199 Å². The Bertz CT molecular complexity index is 1310. The second-order valence-corrected chi connectivity index (χ2v) is 10.9. The number of aromatic nitrogens is 3. The fourth-order valence-electron chi connectivity index (χ4n) is 4.17. The van der Waals surface area contributed by atoms with Gasteiger partial charge >= 0.3 is 5.97 Å². The van der Waals surface area contributed by atoms with E-state index >= 15 is 0 Å². The largest absolute Gasteiger partial charge is 0.471 e. The number of esters is 1. The summed E-state index contributed by atoms with van der Waals surface area (Å²) in [5.41, 5.74) is 7.41. The van der Waals surface area contributed by atoms with Crippen LogP contribution in [0, 0.1) is 0 Å². The van der Waals surface area contributed by atoms with Crippen molar-refractivity contribution in [3.05, 3.63) is 47.4 Å². The maximum absolute atomic E-state index is 12.3. The molecule has 178 valence electrons. The first kappa shape index (κ1) is 22.5. The van der Waals surface area contributed by atoms with Gasteiger partial charge in [-0.3, -0.25) is 0 Å². The van der Waals surface area contributed by atoms with E-state index in [0.717, 1.165) is 29.2 Å². The van der Waals surface area contributed by atoms with Crippen molar-refractivity contribution >= 4 is 28.4 Å². The molecule has 4 heterocycles. The number of hydrogen-bond donors (Lipinski definition) is 2. The number of rotatable bonds is 5. The first-order valence-corrected chi connectivity index (χ1v) is 11.6. The summed E-state index contributed by atoms with van der Waals surface area (Å²) in [5.74, 6) is 1.45. The molecule has 0 bridgehead atoms. The van der Waals surface area contributed by atoms with E-state index in [-0.39, 0.29) is 17.7 Å². The van der Waals surface area contributed by atoms with Crippen molar-refractivity contribution in [2.75, 3.05) is 5.32 Å². The lowest BCUT2D eigenvalue weighted by Crippen LogP contribution is -2.42. The molecule has 0 unspecified atom stereocenters. The van der Waals surface area contributed by atoms with Gasteiger partial charge in [0.15, 0.2) is 0 Å². The highest BCUT2D eigenvalue weighted by molar-refractivity contribution is 5.93. The highest BCUT2D eigenvalue weighted by Gasteiger charge is 2.42. The van der Waals surface area contributed by atoms with Crippen LogP contribution >= 0.6 is 0 Å². The van der Waals surface area contributed by atoms with Gasteiger partial charge in [0.1, 0.15) is 23.3 Å². The van der Waals surface area contributed by atoms with Crippen LogP contribution in [-0.4, -0.2) is 32.6 Å². The Kier molecular flexibility index (Phi) is 4.88. The van der Waals surface area contributed by atoms with Crippen molar-refractivity contribution in [3.63, 3.8) is 0 Å². The molecule has 8 nitrogen and oxygen atoms in total. The fourth-order valence-corrected chi connectivity index (χ4v) is 4.17. The molecular weight excluding hydrogens is 430 g/mol. The smallest absolute Gasteiger partial charge is 0.340 e. The number of hydrogen-bond acceptors (Lipinski definition) is 8. The third-order valence-electron chi connectivity index (χ3n) is 7.01. The molecule has 0 amide bonds. The summed E-state index contributed by atoms with van der Waals surface area (Å²) in [6, 6.07) is 5.47. The van der Waals surface area contributed by atoms with Gasteiger partial charge in [-0.2, -0.15) is 0 Å². The number of carbonyl (C=O) groups is 1. The van der Waals surface area contributed by atoms with E-state index in [4.69, 9.17) is 20.2 Å². The van der Waals surface area contributed by atoms with E-state index in [0.29, 0.717) is 28.8 Å². The second kappa shape index (κ2) is 7.37. The quantitative estimate of drug-likeness (QED) is 0.525. The predicted octanol–water partition coefficient (Wildman–Crippen LogP) is 4.73. The molecule has 2 aliphatic rings. The lowest BCUT2D eigenvalue weighted by Gasteiger charge is -2.36. The highest BCUT2D eigenvalue weighted by Crippen LogP contribution is 2.42. The van der Waals surface area contributed by atoms with Crippen LogP contribution in [0.5, 0.6) is 5.88 Å². The Hall–Kier alpha value is -3.26. The van der Waals surface area contributed by atoms with Gasteiger partial charge < -0.3 is 20.5 Å². The lowest BCUT2D eigenvalue weighted by molar-refractivity contribution is 0.00864. The molecule has 8 heteroatoms. The maximum atomic E-state index is 12.3. The molecule has 1 aliphatic carbocycles. The third kappa shape index (κ3) is 3.86. The first-order valence-electron chi connectivity index (χ1n) is 11.6. The average Bonchev–Trinajstić information content (AvgIpc) is 3.48. The zero-order chi connectivity index (χ0) is 24.5. The number of pyridine rings is 3. The van der Waals surface area contributed by atoms with Crippen LogP contribution in [0.1, 0.15) is 76.0 Å². The number of nitrogens with zero attached hydrogens (tertiary/aromatic N) is 3. The number of ether oxygens (including phenoxy) is 2. The van der Waals surface area contributed by atoms with E-state index in [1.807, 2.05) is 40.7 Å². The minimum atomic E-state index is -0.601. The third-order valence-corrected chi connectivity index (χ3v) is 7.01. The molecule has 5 rings (SSSR count). The zero-order valence-corrected chi connectivity index (χ0v) is 20.5. The van der Waals surface area contributed by atoms with Gasteiger partial charge in [-0.25, -0.2) is 19.7 Å². The molecule has 1 atom stereocenters. The van der Waals surface area contributed by atoms with Crippen LogP contribution in [0.3, 0.4) is 0 Å². The second-order valence-electron chi connectivity index (χ2n) is 10.9. The number of cyclic esters (lactones) is 1. The van der Waals surface area contributed by atoms with Gasteiger partial charge in [-0.05, 0) is 69.7 Å². The summed E-state index contributed by atoms with van der Waals surface area (Å²) in [4.78, 5) is 26.3.